The van der Waals surface area contributed by atoms with Crippen LogP contribution in [-0.4, -0.2) is 18.3 Å². The molecule has 1 rings (SSSR count). The van der Waals surface area contributed by atoms with Crippen LogP contribution in [-0.2, 0) is 4.74 Å². The molecule has 1 aromatic heterocycles. The molecule has 5 heteroatoms. The lowest BCUT2D eigenvalue weighted by Crippen LogP contribution is -2.04. The van der Waals surface area contributed by atoms with Gasteiger partial charge < -0.3 is 4.74 Å². The van der Waals surface area contributed by atoms with Crippen molar-refractivity contribution in [2.24, 2.45) is 0 Å². The molecule has 66 valence electrons. The summed E-state index contributed by atoms with van der Waals surface area (Å²) in [5, 5.41) is 0. The molecule has 0 saturated heterocycles. The molecule has 0 aliphatic heterocycles. The highest BCUT2D eigenvalue weighted by molar-refractivity contribution is 9.11. The van der Waals surface area contributed by atoms with Gasteiger partial charge in [0, 0.05) is 5.75 Å². The molecule has 1 heterocycles. The number of thiophene rings is 1. The van der Waals surface area contributed by atoms with Gasteiger partial charge in [-0.25, -0.2) is 4.79 Å². The maximum Gasteiger partial charge on any atom is 0.348 e. The zero-order valence-corrected chi connectivity index (χ0v) is 9.42. The second kappa shape index (κ2) is 4.89. The Balaban J connectivity index is 2.53. The Kier molecular flexibility index (Phi) is 4.11. The number of thiol groups is 1. The Labute approximate surface area is 88.5 Å². The van der Waals surface area contributed by atoms with Gasteiger partial charge in [-0.3, -0.25) is 0 Å². The molecule has 0 unspecified atom stereocenters. The van der Waals surface area contributed by atoms with Crippen LogP contribution in [0.5, 0.6) is 0 Å². The van der Waals surface area contributed by atoms with Crippen molar-refractivity contribution in [3.05, 3.63) is 20.8 Å². The number of ether oxygens (including phenoxy) is 1. The van der Waals surface area contributed by atoms with Crippen molar-refractivity contribution in [3.8, 4) is 0 Å². The summed E-state index contributed by atoms with van der Waals surface area (Å²) in [6.07, 6.45) is 0. The maximum absolute atomic E-state index is 11.2. The van der Waals surface area contributed by atoms with Gasteiger partial charge in [0.05, 0.1) is 3.79 Å². The van der Waals surface area contributed by atoms with Crippen molar-refractivity contribution in [2.45, 2.75) is 0 Å². The molecule has 0 radical (unpaired) electrons. The molecule has 12 heavy (non-hydrogen) atoms. The first-order valence-corrected chi connectivity index (χ1v) is 5.51. The number of carbonyl (C=O) groups excluding carboxylic acids is 1. The largest absolute Gasteiger partial charge is 0.461 e. The third kappa shape index (κ3) is 2.80. The van der Waals surface area contributed by atoms with Gasteiger partial charge in [-0.15, -0.1) is 11.3 Å². The molecule has 0 atom stereocenters. The normalized spacial score (nSPS) is 9.83. The molecule has 0 amide bonds. The molecule has 0 N–H and O–H groups in total. The number of esters is 1. The number of halogens is 1. The van der Waals surface area contributed by atoms with Crippen LogP contribution >= 0.6 is 39.9 Å². The van der Waals surface area contributed by atoms with Crippen molar-refractivity contribution in [1.82, 2.24) is 0 Å². The second-order valence-electron chi connectivity index (χ2n) is 1.96. The van der Waals surface area contributed by atoms with Gasteiger partial charge >= 0.3 is 5.97 Å². The quantitative estimate of drug-likeness (QED) is 0.673. The van der Waals surface area contributed by atoms with E-state index in [0.717, 1.165) is 3.79 Å². The first kappa shape index (κ1) is 10.1. The molecule has 0 spiro atoms. The van der Waals surface area contributed by atoms with E-state index in [-0.39, 0.29) is 5.97 Å². The van der Waals surface area contributed by atoms with E-state index in [1.54, 1.807) is 6.07 Å². The fourth-order valence-electron chi connectivity index (χ4n) is 0.633. The molecule has 0 aromatic carbocycles. The van der Waals surface area contributed by atoms with Crippen molar-refractivity contribution in [1.29, 1.82) is 0 Å². The Morgan fingerprint density at radius 1 is 1.67 bits per heavy atom. The van der Waals surface area contributed by atoms with Gasteiger partial charge in [0.25, 0.3) is 0 Å². The van der Waals surface area contributed by atoms with Crippen LogP contribution in [0.3, 0.4) is 0 Å². The summed E-state index contributed by atoms with van der Waals surface area (Å²) in [6, 6.07) is 3.55. The minimum absolute atomic E-state index is 0.278. The lowest BCUT2D eigenvalue weighted by molar-refractivity contribution is 0.0536. The maximum atomic E-state index is 11.2. The van der Waals surface area contributed by atoms with E-state index in [9.17, 15) is 4.79 Å². The van der Waals surface area contributed by atoms with Crippen molar-refractivity contribution in [3.63, 3.8) is 0 Å². The van der Waals surface area contributed by atoms with Crippen molar-refractivity contribution >= 4 is 45.9 Å². The molecule has 0 saturated carbocycles. The monoisotopic (exact) mass is 266 g/mol. The van der Waals surface area contributed by atoms with E-state index in [2.05, 4.69) is 28.6 Å². The molecule has 0 aliphatic rings. The van der Waals surface area contributed by atoms with Crippen LogP contribution in [0.1, 0.15) is 9.67 Å². The van der Waals surface area contributed by atoms with Crippen LogP contribution in [0.2, 0.25) is 0 Å². The van der Waals surface area contributed by atoms with E-state index in [1.807, 2.05) is 6.07 Å². The van der Waals surface area contributed by atoms with E-state index in [0.29, 0.717) is 17.2 Å². The van der Waals surface area contributed by atoms with Gasteiger partial charge in [0.1, 0.15) is 11.5 Å². The van der Waals surface area contributed by atoms with Gasteiger partial charge in [-0.1, -0.05) is 0 Å². The van der Waals surface area contributed by atoms with Crippen LogP contribution in [0, 0.1) is 0 Å². The van der Waals surface area contributed by atoms with Crippen LogP contribution < -0.4 is 0 Å². The van der Waals surface area contributed by atoms with Crippen molar-refractivity contribution in [2.75, 3.05) is 12.4 Å². The van der Waals surface area contributed by atoms with E-state index < -0.39 is 0 Å². The molecular weight excluding hydrogens is 260 g/mol. The summed E-state index contributed by atoms with van der Waals surface area (Å²) in [5.41, 5.74) is 0. The smallest absolute Gasteiger partial charge is 0.348 e. The first-order chi connectivity index (χ1) is 5.74. The minimum Gasteiger partial charge on any atom is -0.461 e. The number of hydrogen-bond acceptors (Lipinski definition) is 4. The summed E-state index contributed by atoms with van der Waals surface area (Å²) in [4.78, 5) is 11.8. The fraction of sp³-hybridized carbons (Fsp3) is 0.286. The molecular formula is C7H7BrO2S2. The molecule has 0 aliphatic carbocycles. The van der Waals surface area contributed by atoms with Crippen LogP contribution in [0.25, 0.3) is 0 Å². The van der Waals surface area contributed by atoms with E-state index >= 15 is 0 Å². The van der Waals surface area contributed by atoms with Crippen molar-refractivity contribution < 1.29 is 9.53 Å². The Bertz CT molecular complexity index is 272. The predicted octanol–water partition coefficient (Wildman–Crippen LogP) is 2.60. The third-order valence-electron chi connectivity index (χ3n) is 1.10. The summed E-state index contributed by atoms with van der Waals surface area (Å²) in [7, 11) is 0. The highest BCUT2D eigenvalue weighted by Gasteiger charge is 2.08. The Hall–Kier alpha value is -0.0000000000000000833. The molecule has 2 nitrogen and oxygen atoms in total. The minimum atomic E-state index is -0.278. The third-order valence-corrected chi connectivity index (χ3v) is 2.89. The second-order valence-corrected chi connectivity index (χ2v) is 4.87. The number of rotatable bonds is 3. The van der Waals surface area contributed by atoms with Gasteiger partial charge in [-0.05, 0) is 28.1 Å². The van der Waals surface area contributed by atoms with E-state index in [1.165, 1.54) is 11.3 Å². The Morgan fingerprint density at radius 2 is 2.42 bits per heavy atom. The molecule has 0 fully saturated rings. The average Bonchev–Trinajstić information content (AvgIpc) is 2.47. The standard InChI is InChI=1S/C7H7BrO2S2/c8-6-2-1-5(12-6)7(9)10-3-4-11/h1-2,11H,3-4H2. The first-order valence-electron chi connectivity index (χ1n) is 3.27. The highest BCUT2D eigenvalue weighted by Crippen LogP contribution is 2.22. The van der Waals surface area contributed by atoms with Gasteiger partial charge in [-0.2, -0.15) is 12.6 Å². The number of hydrogen-bond donors (Lipinski definition) is 1. The SMILES string of the molecule is O=C(OCCS)c1ccc(Br)s1. The highest BCUT2D eigenvalue weighted by atomic mass is 79.9. The van der Waals surface area contributed by atoms with Gasteiger partial charge in [0.15, 0.2) is 0 Å². The number of carbonyl (C=O) groups is 1. The summed E-state index contributed by atoms with van der Waals surface area (Å²) >= 11 is 8.56. The lowest BCUT2D eigenvalue weighted by atomic mass is 10.5. The summed E-state index contributed by atoms with van der Waals surface area (Å²) in [5.74, 6) is 0.276. The topological polar surface area (TPSA) is 26.3 Å². The van der Waals surface area contributed by atoms with Crippen LogP contribution in [0.4, 0.5) is 0 Å². The van der Waals surface area contributed by atoms with Gasteiger partial charge in [0.2, 0.25) is 0 Å². The lowest BCUT2D eigenvalue weighted by Gasteiger charge is -1.98. The molecule has 1 aromatic rings. The summed E-state index contributed by atoms with van der Waals surface area (Å²) < 4.78 is 5.80. The van der Waals surface area contributed by atoms with E-state index in [4.69, 9.17) is 4.74 Å². The Morgan fingerprint density at radius 3 is 2.92 bits per heavy atom. The average molecular weight is 267 g/mol. The van der Waals surface area contributed by atoms with Crippen LogP contribution in [0.15, 0.2) is 15.9 Å². The zero-order chi connectivity index (χ0) is 8.97. The summed E-state index contributed by atoms with van der Waals surface area (Å²) in [6.45, 7) is 0.359. The zero-order valence-electron chi connectivity index (χ0n) is 6.12. The molecule has 0 bridgehead atoms. The predicted molar refractivity (Wildman–Crippen MR) is 56.2 cm³/mol. The fourth-order valence-corrected chi connectivity index (χ4v) is 2.00.